The van der Waals surface area contributed by atoms with Crippen molar-refractivity contribution in [3.05, 3.63) is 30.5 Å². The average Bonchev–Trinajstić information content (AvgIpc) is 2.92. The number of nitrogen functional groups attached to an aromatic ring is 1. The molecule has 2 fully saturated rings. The van der Waals surface area contributed by atoms with Crippen LogP contribution in [0.15, 0.2) is 30.5 Å². The number of rotatable bonds is 1. The summed E-state index contributed by atoms with van der Waals surface area (Å²) in [6.45, 7) is 3.94. The van der Waals surface area contributed by atoms with Gasteiger partial charge in [-0.2, -0.15) is 0 Å². The second-order valence-electron chi connectivity index (χ2n) is 6.36. The molecule has 106 valence electrons. The zero-order valence-electron chi connectivity index (χ0n) is 11.8. The lowest BCUT2D eigenvalue weighted by atomic mass is 10.0. The minimum Gasteiger partial charge on any atom is -0.397 e. The highest BCUT2D eigenvalue weighted by Crippen LogP contribution is 2.63. The molecule has 1 saturated heterocycles. The van der Waals surface area contributed by atoms with Gasteiger partial charge < -0.3 is 5.73 Å². The number of fused-ring (bicyclic) bond motifs is 2. The van der Waals surface area contributed by atoms with E-state index in [1.807, 2.05) is 19.9 Å². The lowest BCUT2D eigenvalue weighted by Crippen LogP contribution is -2.36. The van der Waals surface area contributed by atoms with Crippen LogP contribution in [0, 0.1) is 17.3 Å². The van der Waals surface area contributed by atoms with Crippen molar-refractivity contribution in [2.45, 2.75) is 13.8 Å². The Balaban J connectivity index is 1.88. The monoisotopic (exact) mass is 281 g/mol. The number of amides is 2. The summed E-state index contributed by atoms with van der Waals surface area (Å²) in [5.41, 5.74) is 7.47. The Morgan fingerprint density at radius 2 is 1.81 bits per heavy atom. The molecule has 1 aromatic heterocycles. The number of nitrogens with zero attached hydrogens (tertiary/aromatic N) is 2. The minimum absolute atomic E-state index is 0.107. The third-order valence-electron chi connectivity index (χ3n) is 4.82. The maximum atomic E-state index is 12.6. The molecule has 1 aliphatic carbocycles. The van der Waals surface area contributed by atoms with Crippen molar-refractivity contribution in [2.24, 2.45) is 17.3 Å². The fourth-order valence-electron chi connectivity index (χ4n) is 3.56. The summed E-state index contributed by atoms with van der Waals surface area (Å²) in [7, 11) is 0. The average molecular weight is 281 g/mol. The number of imide groups is 1. The summed E-state index contributed by atoms with van der Waals surface area (Å²) in [6.07, 6.45) is 1.65. The largest absolute Gasteiger partial charge is 0.397 e. The van der Waals surface area contributed by atoms with Crippen LogP contribution in [0.3, 0.4) is 0 Å². The predicted molar refractivity (Wildman–Crippen MR) is 79.4 cm³/mol. The van der Waals surface area contributed by atoms with E-state index in [0.717, 1.165) is 5.39 Å². The van der Waals surface area contributed by atoms with Crippen LogP contribution < -0.4 is 10.6 Å². The molecule has 0 radical (unpaired) electrons. The van der Waals surface area contributed by atoms with Crippen LogP contribution in [0.4, 0.5) is 11.4 Å². The smallest absolute Gasteiger partial charge is 0.238 e. The van der Waals surface area contributed by atoms with Gasteiger partial charge in [0.1, 0.15) is 0 Å². The zero-order chi connectivity index (χ0) is 14.9. The first-order valence-electron chi connectivity index (χ1n) is 6.95. The highest BCUT2D eigenvalue weighted by atomic mass is 16.2. The van der Waals surface area contributed by atoms with Gasteiger partial charge in [0.2, 0.25) is 11.8 Å². The maximum Gasteiger partial charge on any atom is 0.238 e. The Hall–Kier alpha value is -2.43. The van der Waals surface area contributed by atoms with Crippen LogP contribution in [-0.2, 0) is 9.59 Å². The first-order valence-corrected chi connectivity index (χ1v) is 6.95. The van der Waals surface area contributed by atoms with Crippen molar-refractivity contribution >= 4 is 34.1 Å². The molecule has 2 amide bonds. The number of carbonyl (C=O) groups excluding carboxylic acids is 2. The fraction of sp³-hybridized carbons (Fsp3) is 0.312. The zero-order valence-corrected chi connectivity index (χ0v) is 11.8. The summed E-state index contributed by atoms with van der Waals surface area (Å²) >= 11 is 0. The van der Waals surface area contributed by atoms with E-state index in [2.05, 4.69) is 4.98 Å². The second kappa shape index (κ2) is 3.61. The summed E-state index contributed by atoms with van der Waals surface area (Å²) in [5.74, 6) is -0.585. The van der Waals surface area contributed by atoms with Gasteiger partial charge in [0.25, 0.3) is 0 Å². The fourth-order valence-corrected chi connectivity index (χ4v) is 3.56. The third kappa shape index (κ3) is 1.38. The van der Waals surface area contributed by atoms with Crippen LogP contribution in [-0.4, -0.2) is 16.8 Å². The second-order valence-corrected chi connectivity index (χ2v) is 6.36. The topological polar surface area (TPSA) is 76.3 Å². The van der Waals surface area contributed by atoms with Crippen molar-refractivity contribution in [2.75, 3.05) is 10.6 Å². The third-order valence-corrected chi connectivity index (χ3v) is 4.82. The molecular formula is C16H15N3O2. The standard InChI is InChI=1S/C16H15N3O2/c1-16(2)11-12(16)15(21)19(14(11)20)10-6-5-9(17)13-8(10)4-3-7-18-13/h3-7,11-12H,17H2,1-2H3. The van der Waals surface area contributed by atoms with Gasteiger partial charge in [-0.25, -0.2) is 4.90 Å². The van der Waals surface area contributed by atoms with E-state index in [4.69, 9.17) is 5.73 Å². The van der Waals surface area contributed by atoms with Gasteiger partial charge in [-0.3, -0.25) is 14.6 Å². The maximum absolute atomic E-state index is 12.6. The van der Waals surface area contributed by atoms with Crippen molar-refractivity contribution in [1.82, 2.24) is 4.98 Å². The number of hydrogen-bond acceptors (Lipinski definition) is 4. The Morgan fingerprint density at radius 1 is 1.14 bits per heavy atom. The van der Waals surface area contributed by atoms with Crippen molar-refractivity contribution in [3.8, 4) is 0 Å². The van der Waals surface area contributed by atoms with E-state index in [0.29, 0.717) is 16.9 Å². The quantitative estimate of drug-likeness (QED) is 0.640. The molecular weight excluding hydrogens is 266 g/mol. The van der Waals surface area contributed by atoms with E-state index in [9.17, 15) is 9.59 Å². The molecule has 5 heteroatoms. The number of piperidine rings is 1. The summed E-state index contributed by atoms with van der Waals surface area (Å²) < 4.78 is 0. The summed E-state index contributed by atoms with van der Waals surface area (Å²) in [5, 5.41) is 0.735. The van der Waals surface area contributed by atoms with Crippen LogP contribution >= 0.6 is 0 Å². The Kier molecular flexibility index (Phi) is 2.12. The molecule has 2 heterocycles. The first-order chi connectivity index (χ1) is 9.94. The van der Waals surface area contributed by atoms with E-state index in [1.165, 1.54) is 4.90 Å². The van der Waals surface area contributed by atoms with Gasteiger partial charge in [0.15, 0.2) is 0 Å². The van der Waals surface area contributed by atoms with Crippen LogP contribution in [0.25, 0.3) is 10.9 Å². The molecule has 21 heavy (non-hydrogen) atoms. The Morgan fingerprint density at radius 3 is 2.48 bits per heavy atom. The van der Waals surface area contributed by atoms with E-state index in [1.54, 1.807) is 24.4 Å². The highest BCUT2D eigenvalue weighted by molar-refractivity contribution is 6.28. The molecule has 2 atom stereocenters. The lowest BCUT2D eigenvalue weighted by Gasteiger charge is -2.22. The van der Waals surface area contributed by atoms with Crippen molar-refractivity contribution < 1.29 is 9.59 Å². The number of nitrogens with two attached hydrogens (primary N) is 1. The molecule has 5 nitrogen and oxygen atoms in total. The number of anilines is 2. The Labute approximate surface area is 121 Å². The minimum atomic E-state index is -0.202. The lowest BCUT2D eigenvalue weighted by molar-refractivity contribution is -0.125. The molecule has 1 saturated carbocycles. The molecule has 2 unspecified atom stereocenters. The van der Waals surface area contributed by atoms with Gasteiger partial charge in [-0.1, -0.05) is 13.8 Å². The molecule has 0 bridgehead atoms. The van der Waals surface area contributed by atoms with Crippen LogP contribution in [0.5, 0.6) is 0 Å². The van der Waals surface area contributed by atoms with Gasteiger partial charge >= 0.3 is 0 Å². The SMILES string of the molecule is CC1(C)C2C(=O)N(c3ccc(N)c4ncccc34)C(=O)C21. The van der Waals surface area contributed by atoms with Crippen LogP contribution in [0.1, 0.15) is 13.8 Å². The number of benzene rings is 1. The highest BCUT2D eigenvalue weighted by Gasteiger charge is 2.72. The van der Waals surface area contributed by atoms with Gasteiger partial charge in [-0.15, -0.1) is 0 Å². The Bertz CT molecular complexity index is 788. The number of hydrogen-bond donors (Lipinski definition) is 1. The van der Waals surface area contributed by atoms with E-state index >= 15 is 0 Å². The van der Waals surface area contributed by atoms with Crippen molar-refractivity contribution in [3.63, 3.8) is 0 Å². The van der Waals surface area contributed by atoms with Gasteiger partial charge in [0.05, 0.1) is 28.7 Å². The molecule has 2 N–H and O–H groups in total. The normalized spacial score (nSPS) is 26.3. The van der Waals surface area contributed by atoms with Crippen LogP contribution in [0.2, 0.25) is 0 Å². The number of aromatic nitrogens is 1. The van der Waals surface area contributed by atoms with E-state index in [-0.39, 0.29) is 29.1 Å². The van der Waals surface area contributed by atoms with Gasteiger partial charge in [-0.05, 0) is 29.7 Å². The molecule has 1 aromatic carbocycles. The number of carbonyl (C=O) groups is 2. The summed E-state index contributed by atoms with van der Waals surface area (Å²) in [6, 6.07) is 7.04. The van der Waals surface area contributed by atoms with Gasteiger partial charge in [0, 0.05) is 11.6 Å². The molecule has 2 aromatic rings. The molecule has 2 aliphatic rings. The van der Waals surface area contributed by atoms with E-state index < -0.39 is 0 Å². The molecule has 0 spiro atoms. The number of pyridine rings is 1. The first kappa shape index (κ1) is 12.3. The predicted octanol–water partition coefficient (Wildman–Crippen LogP) is 1.96. The van der Waals surface area contributed by atoms with Crippen molar-refractivity contribution in [1.29, 1.82) is 0 Å². The summed E-state index contributed by atoms with van der Waals surface area (Å²) in [4.78, 5) is 30.7. The molecule has 1 aliphatic heterocycles. The molecule has 4 rings (SSSR count).